The summed E-state index contributed by atoms with van der Waals surface area (Å²) >= 11 is 2.51. The van der Waals surface area contributed by atoms with Crippen LogP contribution in [-0.4, -0.2) is 24.8 Å². The molecular formula is C14H14N4O2S3. The van der Waals surface area contributed by atoms with Gasteiger partial charge in [0.15, 0.2) is 5.82 Å². The molecule has 0 saturated carbocycles. The second-order valence-electron chi connectivity index (χ2n) is 4.57. The highest BCUT2D eigenvalue weighted by molar-refractivity contribution is 7.91. The number of nitrogens with one attached hydrogen (secondary N) is 2. The average Bonchev–Trinajstić information content (AvgIpc) is 3.23. The quantitative estimate of drug-likeness (QED) is 0.701. The van der Waals surface area contributed by atoms with Crippen molar-refractivity contribution < 1.29 is 8.42 Å². The molecule has 0 aliphatic heterocycles. The topological polar surface area (TPSA) is 84.0 Å². The van der Waals surface area contributed by atoms with Gasteiger partial charge in [0, 0.05) is 22.0 Å². The molecule has 0 saturated heterocycles. The van der Waals surface area contributed by atoms with Crippen molar-refractivity contribution in [1.29, 1.82) is 0 Å². The first-order chi connectivity index (χ1) is 11.1. The minimum atomic E-state index is -3.38. The molecule has 120 valence electrons. The monoisotopic (exact) mass is 366 g/mol. The summed E-state index contributed by atoms with van der Waals surface area (Å²) in [6, 6.07) is 13.1. The number of thiophene rings is 1. The predicted molar refractivity (Wildman–Crippen MR) is 93.2 cm³/mol. The third-order valence-electron chi connectivity index (χ3n) is 3.04. The average molecular weight is 366 g/mol. The van der Waals surface area contributed by atoms with Crippen LogP contribution in [0, 0.1) is 0 Å². The summed E-state index contributed by atoms with van der Waals surface area (Å²) < 4.78 is 30.3. The zero-order valence-corrected chi connectivity index (χ0v) is 14.6. The maximum Gasteiger partial charge on any atom is 0.249 e. The summed E-state index contributed by atoms with van der Waals surface area (Å²) in [7, 11) is -1.97. The predicted octanol–water partition coefficient (Wildman–Crippen LogP) is 2.79. The Bertz CT molecular complexity index is 888. The van der Waals surface area contributed by atoms with E-state index in [1.54, 1.807) is 12.1 Å². The largest absolute Gasteiger partial charge is 0.355 e. The number of rotatable bonds is 6. The fourth-order valence-corrected chi connectivity index (χ4v) is 4.58. The Labute approximate surface area is 142 Å². The number of nitrogens with zero attached hydrogens (tertiary/aromatic N) is 2. The van der Waals surface area contributed by atoms with Crippen molar-refractivity contribution in [3.8, 4) is 11.4 Å². The molecule has 0 aliphatic rings. The van der Waals surface area contributed by atoms with Gasteiger partial charge in [-0.3, -0.25) is 0 Å². The smallest absolute Gasteiger partial charge is 0.249 e. The van der Waals surface area contributed by atoms with Gasteiger partial charge in [0.2, 0.25) is 15.2 Å². The lowest BCUT2D eigenvalue weighted by molar-refractivity contribution is 0.590. The van der Waals surface area contributed by atoms with E-state index < -0.39 is 10.0 Å². The van der Waals surface area contributed by atoms with Gasteiger partial charge in [-0.05, 0) is 19.2 Å². The maximum absolute atomic E-state index is 11.7. The third kappa shape index (κ3) is 3.75. The van der Waals surface area contributed by atoms with Gasteiger partial charge in [-0.1, -0.05) is 30.3 Å². The zero-order chi connectivity index (χ0) is 16.3. The molecule has 2 N–H and O–H groups in total. The molecule has 0 spiro atoms. The molecule has 3 rings (SSSR count). The highest BCUT2D eigenvalue weighted by atomic mass is 32.2. The van der Waals surface area contributed by atoms with Crippen molar-refractivity contribution in [3.05, 3.63) is 47.3 Å². The molecule has 0 atom stereocenters. The molecule has 1 aromatic carbocycles. The lowest BCUT2D eigenvalue weighted by Crippen LogP contribution is -2.17. The van der Waals surface area contributed by atoms with Crippen LogP contribution in [0.2, 0.25) is 0 Å². The molecule has 0 bridgehead atoms. The highest BCUT2D eigenvalue weighted by Gasteiger charge is 2.14. The van der Waals surface area contributed by atoms with Crippen LogP contribution in [0.4, 0.5) is 5.13 Å². The maximum atomic E-state index is 11.7. The van der Waals surface area contributed by atoms with E-state index in [1.807, 2.05) is 30.3 Å². The summed E-state index contributed by atoms with van der Waals surface area (Å²) in [5, 5.41) is 3.88. The van der Waals surface area contributed by atoms with Gasteiger partial charge in [-0.2, -0.15) is 9.36 Å². The summed E-state index contributed by atoms with van der Waals surface area (Å²) in [6.07, 6.45) is 0. The molecule has 0 amide bonds. The van der Waals surface area contributed by atoms with E-state index in [0.29, 0.717) is 21.7 Å². The van der Waals surface area contributed by atoms with Crippen molar-refractivity contribution in [2.24, 2.45) is 0 Å². The van der Waals surface area contributed by atoms with Gasteiger partial charge in [0.25, 0.3) is 0 Å². The molecule has 3 aromatic rings. The molecule has 0 radical (unpaired) electrons. The molecule has 2 aromatic heterocycles. The standard InChI is InChI=1S/C14H14N4O2S3/c1-15-23(19,20)12-8-7-11(21-12)9-16-14-17-13(18-22-14)10-5-3-2-4-6-10/h2-8,15H,9H2,1H3,(H,16,17,18). The van der Waals surface area contributed by atoms with E-state index in [9.17, 15) is 8.42 Å². The Morgan fingerprint density at radius 2 is 1.91 bits per heavy atom. The summed E-state index contributed by atoms with van der Waals surface area (Å²) in [5.74, 6) is 0.683. The number of sulfonamides is 1. The first-order valence-electron chi connectivity index (χ1n) is 6.74. The van der Waals surface area contributed by atoms with Crippen LogP contribution in [0.3, 0.4) is 0 Å². The summed E-state index contributed by atoms with van der Waals surface area (Å²) in [5.41, 5.74) is 0.968. The Morgan fingerprint density at radius 1 is 1.13 bits per heavy atom. The Kier molecular flexibility index (Phi) is 4.71. The molecule has 0 aliphatic carbocycles. The fraction of sp³-hybridized carbons (Fsp3) is 0.143. The fourth-order valence-electron chi connectivity index (χ4n) is 1.86. The Balaban J connectivity index is 1.67. The normalized spacial score (nSPS) is 11.5. The molecule has 2 heterocycles. The summed E-state index contributed by atoms with van der Waals surface area (Å²) in [4.78, 5) is 5.35. The number of benzene rings is 1. The van der Waals surface area contributed by atoms with Crippen LogP contribution in [0.1, 0.15) is 4.88 Å². The van der Waals surface area contributed by atoms with Crippen LogP contribution in [0.5, 0.6) is 0 Å². The lowest BCUT2D eigenvalue weighted by Gasteiger charge is -1.99. The van der Waals surface area contributed by atoms with E-state index in [4.69, 9.17) is 0 Å². The van der Waals surface area contributed by atoms with E-state index >= 15 is 0 Å². The molecule has 9 heteroatoms. The number of hydrogen-bond donors (Lipinski definition) is 2. The third-order valence-corrected chi connectivity index (χ3v) is 6.71. The van der Waals surface area contributed by atoms with Gasteiger partial charge >= 0.3 is 0 Å². The van der Waals surface area contributed by atoms with Crippen molar-refractivity contribution >= 4 is 38.0 Å². The van der Waals surface area contributed by atoms with E-state index in [1.165, 1.54) is 29.9 Å². The lowest BCUT2D eigenvalue weighted by atomic mass is 10.2. The molecule has 0 unspecified atom stereocenters. The van der Waals surface area contributed by atoms with Gasteiger partial charge in [0.05, 0.1) is 6.54 Å². The van der Waals surface area contributed by atoms with Crippen molar-refractivity contribution in [3.63, 3.8) is 0 Å². The zero-order valence-electron chi connectivity index (χ0n) is 12.2. The van der Waals surface area contributed by atoms with Crippen molar-refractivity contribution in [2.75, 3.05) is 12.4 Å². The van der Waals surface area contributed by atoms with Crippen molar-refractivity contribution in [2.45, 2.75) is 10.8 Å². The Morgan fingerprint density at radius 3 is 2.65 bits per heavy atom. The van der Waals surface area contributed by atoms with E-state index in [2.05, 4.69) is 19.4 Å². The van der Waals surface area contributed by atoms with Gasteiger partial charge < -0.3 is 5.32 Å². The molecule has 6 nitrogen and oxygen atoms in total. The second kappa shape index (κ2) is 6.75. The molecule has 23 heavy (non-hydrogen) atoms. The minimum Gasteiger partial charge on any atom is -0.355 e. The highest BCUT2D eigenvalue weighted by Crippen LogP contribution is 2.24. The first kappa shape index (κ1) is 16.1. The van der Waals surface area contributed by atoms with Gasteiger partial charge in [0.1, 0.15) is 4.21 Å². The summed E-state index contributed by atoms with van der Waals surface area (Å²) in [6.45, 7) is 0.507. The van der Waals surface area contributed by atoms with Crippen LogP contribution in [0.15, 0.2) is 46.7 Å². The van der Waals surface area contributed by atoms with Gasteiger partial charge in [-0.25, -0.2) is 13.1 Å². The van der Waals surface area contributed by atoms with E-state index in [-0.39, 0.29) is 0 Å². The second-order valence-corrected chi connectivity index (χ2v) is 8.60. The van der Waals surface area contributed by atoms with Crippen LogP contribution in [-0.2, 0) is 16.6 Å². The van der Waals surface area contributed by atoms with Crippen LogP contribution >= 0.6 is 22.9 Å². The van der Waals surface area contributed by atoms with Gasteiger partial charge in [-0.15, -0.1) is 11.3 Å². The molecular weight excluding hydrogens is 352 g/mol. The number of aromatic nitrogens is 2. The van der Waals surface area contributed by atoms with E-state index in [0.717, 1.165) is 10.4 Å². The SMILES string of the molecule is CNS(=O)(=O)c1ccc(CNc2nc(-c3ccccc3)ns2)s1. The Hall–Kier alpha value is -1.81. The van der Waals surface area contributed by atoms with Crippen LogP contribution in [0.25, 0.3) is 11.4 Å². The first-order valence-corrected chi connectivity index (χ1v) is 9.81. The number of hydrogen-bond acceptors (Lipinski definition) is 7. The molecule has 0 fully saturated rings. The number of anilines is 1. The van der Waals surface area contributed by atoms with Crippen LogP contribution < -0.4 is 10.0 Å². The minimum absolute atomic E-state index is 0.305. The van der Waals surface area contributed by atoms with Crippen molar-refractivity contribution in [1.82, 2.24) is 14.1 Å².